The maximum absolute atomic E-state index is 12.8. The molecule has 1 aromatic carbocycles. The summed E-state index contributed by atoms with van der Waals surface area (Å²) in [6.45, 7) is 1.98. The summed E-state index contributed by atoms with van der Waals surface area (Å²) in [6.07, 6.45) is 7.57. The van der Waals surface area contributed by atoms with Crippen LogP contribution in [-0.2, 0) is 14.3 Å². The van der Waals surface area contributed by atoms with E-state index in [9.17, 15) is 9.59 Å². The molecule has 4 nitrogen and oxygen atoms in total. The lowest BCUT2D eigenvalue weighted by molar-refractivity contribution is -0.165. The van der Waals surface area contributed by atoms with Gasteiger partial charge in [-0.25, -0.2) is 4.79 Å². The summed E-state index contributed by atoms with van der Waals surface area (Å²) in [5.41, 5.74) is 0.985. The molecule has 0 bridgehead atoms. The summed E-state index contributed by atoms with van der Waals surface area (Å²) in [5, 5.41) is 0. The van der Waals surface area contributed by atoms with E-state index in [2.05, 4.69) is 0 Å². The van der Waals surface area contributed by atoms with Crippen LogP contribution in [0.2, 0.25) is 0 Å². The van der Waals surface area contributed by atoms with E-state index in [0.29, 0.717) is 5.56 Å². The van der Waals surface area contributed by atoms with Gasteiger partial charge in [0.2, 0.25) is 0 Å². The van der Waals surface area contributed by atoms with Crippen molar-refractivity contribution in [3.8, 4) is 0 Å². The van der Waals surface area contributed by atoms with Crippen LogP contribution < -0.4 is 0 Å². The van der Waals surface area contributed by atoms with Crippen LogP contribution in [0.25, 0.3) is 0 Å². The van der Waals surface area contributed by atoms with E-state index >= 15 is 0 Å². The summed E-state index contributed by atoms with van der Waals surface area (Å²) in [6, 6.07) is 7.37. The maximum Gasteiger partial charge on any atom is 0.338 e. The van der Waals surface area contributed by atoms with Crippen molar-refractivity contribution in [2.75, 3.05) is 7.11 Å². The number of hydrogen-bond acceptors (Lipinski definition) is 4. The molecular formula is C21H28O4. The number of carbonyl (C=O) groups excluding carboxylic acids is 2. The topological polar surface area (TPSA) is 52.6 Å². The van der Waals surface area contributed by atoms with Crippen LogP contribution in [0.15, 0.2) is 24.3 Å². The molecule has 0 heterocycles. The predicted molar refractivity (Wildman–Crippen MR) is 95.3 cm³/mol. The quantitative estimate of drug-likeness (QED) is 0.758. The van der Waals surface area contributed by atoms with Crippen molar-refractivity contribution >= 4 is 11.9 Å². The number of ether oxygens (including phenoxy) is 2. The molecule has 0 aliphatic heterocycles. The first kappa shape index (κ1) is 18.0. The third-order valence-corrected chi connectivity index (χ3v) is 6.07. The number of esters is 2. The van der Waals surface area contributed by atoms with Crippen molar-refractivity contribution in [3.63, 3.8) is 0 Å². The zero-order chi connectivity index (χ0) is 17.9. The SMILES string of the molecule is COC(=O)C1(C2CCCCC2)CCCC1OC(=O)c1ccc(C)cc1. The van der Waals surface area contributed by atoms with Gasteiger partial charge in [-0.3, -0.25) is 4.79 Å². The molecule has 136 valence electrons. The highest BCUT2D eigenvalue weighted by molar-refractivity contribution is 5.90. The van der Waals surface area contributed by atoms with Crippen molar-refractivity contribution in [1.29, 1.82) is 0 Å². The normalized spacial score (nSPS) is 27.0. The van der Waals surface area contributed by atoms with Gasteiger partial charge in [0.1, 0.15) is 11.5 Å². The summed E-state index contributed by atoms with van der Waals surface area (Å²) in [7, 11) is 1.45. The van der Waals surface area contributed by atoms with Gasteiger partial charge >= 0.3 is 11.9 Å². The zero-order valence-electron chi connectivity index (χ0n) is 15.3. The van der Waals surface area contributed by atoms with Crippen LogP contribution in [0.3, 0.4) is 0 Å². The Morgan fingerprint density at radius 2 is 1.68 bits per heavy atom. The van der Waals surface area contributed by atoms with Gasteiger partial charge in [0.05, 0.1) is 12.7 Å². The Hall–Kier alpha value is -1.84. The molecule has 2 unspecified atom stereocenters. The van der Waals surface area contributed by atoms with Crippen molar-refractivity contribution in [2.24, 2.45) is 11.3 Å². The van der Waals surface area contributed by atoms with Gasteiger partial charge in [-0.2, -0.15) is 0 Å². The van der Waals surface area contributed by atoms with Crippen LogP contribution in [0, 0.1) is 18.3 Å². The monoisotopic (exact) mass is 344 g/mol. The number of benzene rings is 1. The van der Waals surface area contributed by atoms with Crippen LogP contribution in [0.5, 0.6) is 0 Å². The van der Waals surface area contributed by atoms with E-state index < -0.39 is 5.41 Å². The second kappa shape index (κ2) is 7.59. The highest BCUT2D eigenvalue weighted by Crippen LogP contribution is 2.52. The first-order chi connectivity index (χ1) is 12.1. The Morgan fingerprint density at radius 3 is 2.32 bits per heavy atom. The maximum atomic E-state index is 12.8. The zero-order valence-corrected chi connectivity index (χ0v) is 15.3. The lowest BCUT2D eigenvalue weighted by Crippen LogP contribution is -2.48. The molecule has 25 heavy (non-hydrogen) atoms. The van der Waals surface area contributed by atoms with E-state index in [1.807, 2.05) is 19.1 Å². The Morgan fingerprint density at radius 1 is 1.00 bits per heavy atom. The minimum atomic E-state index is -0.657. The van der Waals surface area contributed by atoms with Crippen LogP contribution in [-0.4, -0.2) is 25.2 Å². The standard InChI is InChI=1S/C21H28O4/c1-15-10-12-16(13-11-15)19(22)25-18-9-6-14-21(18,20(23)24-2)17-7-4-3-5-8-17/h10-13,17-18H,3-9,14H2,1-2H3. The van der Waals surface area contributed by atoms with E-state index in [-0.39, 0.29) is 24.0 Å². The molecule has 2 fully saturated rings. The smallest absolute Gasteiger partial charge is 0.338 e. The molecule has 1 aromatic rings. The molecule has 2 aliphatic rings. The fourth-order valence-electron chi connectivity index (χ4n) is 4.72. The number of carbonyl (C=O) groups is 2. The third-order valence-electron chi connectivity index (χ3n) is 6.07. The van der Waals surface area contributed by atoms with Gasteiger partial charge in [0.25, 0.3) is 0 Å². The van der Waals surface area contributed by atoms with Crippen molar-refractivity contribution in [1.82, 2.24) is 0 Å². The number of rotatable bonds is 4. The number of aryl methyl sites for hydroxylation is 1. The number of methoxy groups -OCH3 is 1. The molecule has 2 aliphatic carbocycles. The van der Waals surface area contributed by atoms with Crippen LogP contribution in [0.1, 0.15) is 67.3 Å². The number of hydrogen-bond donors (Lipinski definition) is 0. The molecule has 0 radical (unpaired) electrons. The Balaban J connectivity index is 1.83. The molecule has 2 saturated carbocycles. The summed E-state index contributed by atoms with van der Waals surface area (Å²) < 4.78 is 11.1. The Labute approximate surface area is 149 Å². The molecule has 2 atom stereocenters. The van der Waals surface area contributed by atoms with E-state index in [0.717, 1.165) is 50.5 Å². The molecule has 0 aromatic heterocycles. The second-order valence-corrected chi connectivity index (χ2v) is 7.52. The van der Waals surface area contributed by atoms with Crippen molar-refractivity contribution in [3.05, 3.63) is 35.4 Å². The molecule has 4 heteroatoms. The first-order valence-corrected chi connectivity index (χ1v) is 9.44. The highest BCUT2D eigenvalue weighted by atomic mass is 16.6. The van der Waals surface area contributed by atoms with Gasteiger partial charge in [0, 0.05) is 0 Å². The largest absolute Gasteiger partial charge is 0.468 e. The molecular weight excluding hydrogens is 316 g/mol. The summed E-state index contributed by atoms with van der Waals surface area (Å²) in [5.74, 6) is -0.276. The average Bonchev–Trinajstić information content (AvgIpc) is 3.06. The van der Waals surface area contributed by atoms with E-state index in [1.54, 1.807) is 12.1 Å². The molecule has 0 spiro atoms. The predicted octanol–water partition coefficient (Wildman–Crippen LogP) is 4.44. The first-order valence-electron chi connectivity index (χ1n) is 9.44. The van der Waals surface area contributed by atoms with Gasteiger partial charge < -0.3 is 9.47 Å². The molecule has 3 rings (SSSR count). The van der Waals surface area contributed by atoms with Gasteiger partial charge in [-0.1, -0.05) is 37.0 Å². The van der Waals surface area contributed by atoms with Crippen LogP contribution >= 0.6 is 0 Å². The lowest BCUT2D eigenvalue weighted by atomic mass is 9.66. The summed E-state index contributed by atoms with van der Waals surface area (Å²) >= 11 is 0. The van der Waals surface area contributed by atoms with E-state index in [4.69, 9.17) is 9.47 Å². The van der Waals surface area contributed by atoms with Gasteiger partial charge in [-0.15, -0.1) is 0 Å². The molecule has 0 amide bonds. The van der Waals surface area contributed by atoms with Crippen molar-refractivity contribution in [2.45, 2.75) is 64.4 Å². The second-order valence-electron chi connectivity index (χ2n) is 7.52. The van der Waals surface area contributed by atoms with Gasteiger partial charge in [0.15, 0.2) is 0 Å². The molecule has 0 N–H and O–H groups in total. The molecule has 0 saturated heterocycles. The average molecular weight is 344 g/mol. The lowest BCUT2D eigenvalue weighted by Gasteiger charge is -2.41. The minimum Gasteiger partial charge on any atom is -0.468 e. The minimum absolute atomic E-state index is 0.196. The third kappa shape index (κ3) is 3.44. The fourth-order valence-corrected chi connectivity index (χ4v) is 4.72. The van der Waals surface area contributed by atoms with Crippen LogP contribution in [0.4, 0.5) is 0 Å². The van der Waals surface area contributed by atoms with Crippen molar-refractivity contribution < 1.29 is 19.1 Å². The van der Waals surface area contributed by atoms with Gasteiger partial charge in [-0.05, 0) is 57.1 Å². The summed E-state index contributed by atoms with van der Waals surface area (Å²) in [4.78, 5) is 25.4. The Kier molecular flexibility index (Phi) is 5.45. The highest BCUT2D eigenvalue weighted by Gasteiger charge is 2.56. The fraction of sp³-hybridized carbons (Fsp3) is 0.619. The van der Waals surface area contributed by atoms with E-state index in [1.165, 1.54) is 13.5 Å². The Bertz CT molecular complexity index is 615.